The molecule has 0 amide bonds. The second-order valence-electron chi connectivity index (χ2n) is 5.09. The van der Waals surface area contributed by atoms with Gasteiger partial charge >= 0.3 is 11.9 Å². The molecule has 0 spiro atoms. The van der Waals surface area contributed by atoms with E-state index in [4.69, 9.17) is 9.84 Å². The number of fused-ring (bicyclic) bond motifs is 1. The number of hydrogen-bond donors (Lipinski definition) is 1. The quantitative estimate of drug-likeness (QED) is 0.561. The lowest BCUT2D eigenvalue weighted by atomic mass is 10.1. The van der Waals surface area contributed by atoms with Crippen LogP contribution in [-0.4, -0.2) is 23.7 Å². The van der Waals surface area contributed by atoms with E-state index in [1.807, 2.05) is 0 Å². The summed E-state index contributed by atoms with van der Waals surface area (Å²) in [5.74, 6) is -1.81. The molecule has 0 saturated carbocycles. The van der Waals surface area contributed by atoms with E-state index in [1.54, 1.807) is 12.1 Å². The fourth-order valence-corrected chi connectivity index (χ4v) is 2.19. The standard InChI is InChI=1S/C11H10O4.C10H8/c1-2-7-15-11(14)9-6-4-3-5-8(9)10(12)13;1-2-6-10-8-4-3-7-9(10)5-1/h2-6H,1,7H2,(H,12,13);1-8H. The molecular weight excluding hydrogens is 316 g/mol. The van der Waals surface area contributed by atoms with Crippen molar-refractivity contribution in [3.8, 4) is 0 Å². The van der Waals surface area contributed by atoms with Gasteiger partial charge in [0.2, 0.25) is 0 Å². The van der Waals surface area contributed by atoms with Crippen molar-refractivity contribution in [2.45, 2.75) is 0 Å². The Kier molecular flexibility index (Phi) is 6.48. The topological polar surface area (TPSA) is 63.6 Å². The lowest BCUT2D eigenvalue weighted by molar-refractivity contribution is 0.0536. The van der Waals surface area contributed by atoms with Crippen molar-refractivity contribution in [1.82, 2.24) is 0 Å². The van der Waals surface area contributed by atoms with Crippen molar-refractivity contribution in [3.05, 3.63) is 96.6 Å². The van der Waals surface area contributed by atoms with Gasteiger partial charge < -0.3 is 9.84 Å². The summed E-state index contributed by atoms with van der Waals surface area (Å²) in [5.41, 5.74) is -0.0154. The van der Waals surface area contributed by atoms with Gasteiger partial charge in [0.05, 0.1) is 11.1 Å². The number of hydrogen-bond acceptors (Lipinski definition) is 3. The number of carbonyl (C=O) groups excluding carboxylic acids is 1. The van der Waals surface area contributed by atoms with Crippen LogP contribution in [0.4, 0.5) is 0 Å². The molecular formula is C21H18O4. The van der Waals surface area contributed by atoms with E-state index in [2.05, 4.69) is 55.1 Å². The van der Waals surface area contributed by atoms with Crippen LogP contribution in [0.3, 0.4) is 0 Å². The molecule has 3 rings (SSSR count). The van der Waals surface area contributed by atoms with Crippen molar-refractivity contribution in [2.75, 3.05) is 6.61 Å². The Balaban J connectivity index is 0.000000194. The largest absolute Gasteiger partial charge is 0.478 e. The number of rotatable bonds is 4. The zero-order valence-electron chi connectivity index (χ0n) is 13.6. The highest BCUT2D eigenvalue weighted by Crippen LogP contribution is 2.11. The van der Waals surface area contributed by atoms with Crippen LogP contribution in [0.2, 0.25) is 0 Å². The van der Waals surface area contributed by atoms with Crippen molar-refractivity contribution in [2.24, 2.45) is 0 Å². The maximum Gasteiger partial charge on any atom is 0.339 e. The van der Waals surface area contributed by atoms with Crippen LogP contribution in [0.1, 0.15) is 20.7 Å². The van der Waals surface area contributed by atoms with E-state index < -0.39 is 11.9 Å². The number of carbonyl (C=O) groups is 2. The molecule has 1 N–H and O–H groups in total. The molecule has 0 fully saturated rings. The van der Waals surface area contributed by atoms with Crippen molar-refractivity contribution >= 4 is 22.7 Å². The monoisotopic (exact) mass is 334 g/mol. The molecule has 0 aliphatic heterocycles. The van der Waals surface area contributed by atoms with Gasteiger partial charge in [0.25, 0.3) is 0 Å². The molecule has 4 nitrogen and oxygen atoms in total. The van der Waals surface area contributed by atoms with Gasteiger partial charge in [-0.2, -0.15) is 0 Å². The molecule has 0 saturated heterocycles. The second kappa shape index (κ2) is 9.03. The van der Waals surface area contributed by atoms with Gasteiger partial charge in [-0.25, -0.2) is 9.59 Å². The number of ether oxygens (including phenoxy) is 1. The predicted octanol–water partition coefficient (Wildman–Crippen LogP) is 4.57. The van der Waals surface area contributed by atoms with Gasteiger partial charge in [0.15, 0.2) is 0 Å². The predicted molar refractivity (Wildman–Crippen MR) is 97.8 cm³/mol. The van der Waals surface area contributed by atoms with Crippen LogP contribution in [0, 0.1) is 0 Å². The van der Waals surface area contributed by atoms with Crippen LogP contribution in [-0.2, 0) is 4.74 Å². The van der Waals surface area contributed by atoms with E-state index in [0.717, 1.165) is 0 Å². The first-order chi connectivity index (χ1) is 12.1. The minimum atomic E-state index is -1.15. The van der Waals surface area contributed by atoms with Gasteiger partial charge in [-0.1, -0.05) is 73.3 Å². The number of aromatic carboxylic acids is 1. The highest BCUT2D eigenvalue weighted by atomic mass is 16.5. The highest BCUT2D eigenvalue weighted by Gasteiger charge is 2.16. The first-order valence-corrected chi connectivity index (χ1v) is 7.67. The zero-order valence-corrected chi connectivity index (χ0v) is 13.6. The molecule has 0 aromatic heterocycles. The Morgan fingerprint density at radius 3 is 1.72 bits per heavy atom. The van der Waals surface area contributed by atoms with Gasteiger partial charge in [0.1, 0.15) is 6.61 Å². The average molecular weight is 334 g/mol. The van der Waals surface area contributed by atoms with E-state index in [0.29, 0.717) is 0 Å². The van der Waals surface area contributed by atoms with Gasteiger partial charge in [-0.3, -0.25) is 0 Å². The fraction of sp³-hybridized carbons (Fsp3) is 0.0476. The lowest BCUT2D eigenvalue weighted by Crippen LogP contribution is -2.11. The fourth-order valence-electron chi connectivity index (χ4n) is 2.19. The second-order valence-corrected chi connectivity index (χ2v) is 5.09. The summed E-state index contributed by atoms with van der Waals surface area (Å²) in [7, 11) is 0. The van der Waals surface area contributed by atoms with E-state index >= 15 is 0 Å². The lowest BCUT2D eigenvalue weighted by Gasteiger charge is -2.04. The maximum absolute atomic E-state index is 11.4. The number of esters is 1. The molecule has 0 heterocycles. The Morgan fingerprint density at radius 2 is 1.28 bits per heavy atom. The third-order valence-electron chi connectivity index (χ3n) is 3.37. The molecule has 0 radical (unpaired) electrons. The van der Waals surface area contributed by atoms with Crippen LogP contribution < -0.4 is 0 Å². The normalized spacial score (nSPS) is 9.60. The van der Waals surface area contributed by atoms with Gasteiger partial charge in [0, 0.05) is 0 Å². The van der Waals surface area contributed by atoms with Gasteiger partial charge in [-0.15, -0.1) is 0 Å². The third-order valence-corrected chi connectivity index (χ3v) is 3.37. The summed E-state index contributed by atoms with van der Waals surface area (Å²) >= 11 is 0. The molecule has 0 aliphatic carbocycles. The van der Waals surface area contributed by atoms with Gasteiger partial charge in [-0.05, 0) is 22.9 Å². The molecule has 3 aromatic carbocycles. The number of benzene rings is 3. The summed E-state index contributed by atoms with van der Waals surface area (Å²) in [6.07, 6.45) is 1.42. The highest BCUT2D eigenvalue weighted by molar-refractivity contribution is 6.02. The third kappa shape index (κ3) is 5.04. The summed E-state index contributed by atoms with van der Waals surface area (Å²) in [4.78, 5) is 22.2. The average Bonchev–Trinajstić information content (AvgIpc) is 2.66. The van der Waals surface area contributed by atoms with Crippen LogP contribution in [0.15, 0.2) is 85.5 Å². The van der Waals surface area contributed by atoms with E-state index in [-0.39, 0.29) is 17.7 Å². The number of carboxylic acid groups (broad SMARTS) is 1. The molecule has 3 aromatic rings. The molecule has 4 heteroatoms. The van der Waals surface area contributed by atoms with E-state index in [9.17, 15) is 9.59 Å². The van der Waals surface area contributed by atoms with Crippen molar-refractivity contribution < 1.29 is 19.4 Å². The minimum absolute atomic E-state index is 0.0480. The Labute approximate surface area is 146 Å². The summed E-state index contributed by atoms with van der Waals surface area (Å²) < 4.78 is 4.75. The minimum Gasteiger partial charge on any atom is -0.478 e. The van der Waals surface area contributed by atoms with Crippen LogP contribution in [0.5, 0.6) is 0 Å². The van der Waals surface area contributed by atoms with E-state index in [1.165, 1.54) is 29.0 Å². The molecule has 126 valence electrons. The molecule has 0 bridgehead atoms. The molecule has 0 unspecified atom stereocenters. The van der Waals surface area contributed by atoms with Crippen LogP contribution in [0.25, 0.3) is 10.8 Å². The summed E-state index contributed by atoms with van der Waals surface area (Å²) in [6, 6.07) is 22.6. The molecule has 0 atom stereocenters. The van der Waals surface area contributed by atoms with Crippen LogP contribution >= 0.6 is 0 Å². The summed E-state index contributed by atoms with van der Waals surface area (Å²) in [5, 5.41) is 11.4. The number of carboxylic acids is 1. The van der Waals surface area contributed by atoms with Crippen molar-refractivity contribution in [1.29, 1.82) is 0 Å². The first-order valence-electron chi connectivity index (χ1n) is 7.67. The zero-order chi connectivity index (χ0) is 18.1. The Bertz CT molecular complexity index is 818. The first kappa shape index (κ1) is 17.9. The van der Waals surface area contributed by atoms with Crippen molar-refractivity contribution in [3.63, 3.8) is 0 Å². The Hall–Kier alpha value is -3.40. The smallest absolute Gasteiger partial charge is 0.339 e. The summed E-state index contributed by atoms with van der Waals surface area (Å²) in [6.45, 7) is 3.45. The molecule has 0 aliphatic rings. The maximum atomic E-state index is 11.4. The molecule has 25 heavy (non-hydrogen) atoms. The SMILES string of the molecule is C=CCOC(=O)c1ccccc1C(=O)O.c1ccc2ccccc2c1. The Morgan fingerprint density at radius 1 is 0.840 bits per heavy atom.